The number of amides is 1. The van der Waals surface area contributed by atoms with Gasteiger partial charge in [0.25, 0.3) is 5.91 Å². The Kier molecular flexibility index (Phi) is 5.09. The van der Waals surface area contributed by atoms with Crippen molar-refractivity contribution < 1.29 is 31.1 Å². The lowest BCUT2D eigenvalue weighted by molar-refractivity contribution is 0.0963. The zero-order valence-corrected chi connectivity index (χ0v) is 18.6. The average molecular weight is 480 g/mol. The van der Waals surface area contributed by atoms with Crippen LogP contribution in [0.1, 0.15) is 27.0 Å². The van der Waals surface area contributed by atoms with Crippen LogP contribution in [0.4, 0.5) is 10.1 Å². The van der Waals surface area contributed by atoms with Crippen molar-refractivity contribution in [2.75, 3.05) is 16.2 Å². The minimum absolute atomic E-state index is 0.0385. The molecule has 1 aliphatic heterocycles. The Labute approximate surface area is 183 Å². The molecule has 3 aromatic rings. The molecule has 1 aromatic heterocycles. The van der Waals surface area contributed by atoms with Gasteiger partial charge in [-0.1, -0.05) is 12.1 Å². The summed E-state index contributed by atoms with van der Waals surface area (Å²) in [7, 11) is -8.68. The number of nitrogens with zero attached hydrogens (tertiary/aromatic N) is 2. The number of anilines is 1. The van der Waals surface area contributed by atoms with E-state index in [1.807, 2.05) is 0 Å². The maximum Gasteiger partial charge on any atom is 0.255 e. The van der Waals surface area contributed by atoms with Crippen LogP contribution in [0.3, 0.4) is 0 Å². The summed E-state index contributed by atoms with van der Waals surface area (Å²) in [6, 6.07) is 7.23. The second-order valence-electron chi connectivity index (χ2n) is 7.50. The SMILES string of the molecule is CS(=O)(=O)N(c1c2c(c(O)c3ncc(Cc4ccc(F)cc4)cc13)C(=O)NC2)S(C)(=O)=O. The lowest BCUT2D eigenvalue weighted by Gasteiger charge is -2.24. The lowest BCUT2D eigenvalue weighted by Crippen LogP contribution is -2.36. The van der Waals surface area contributed by atoms with E-state index in [0.29, 0.717) is 5.56 Å². The van der Waals surface area contributed by atoms with E-state index in [1.54, 1.807) is 12.1 Å². The van der Waals surface area contributed by atoms with Gasteiger partial charge in [0, 0.05) is 23.7 Å². The molecule has 0 aliphatic carbocycles. The second-order valence-corrected chi connectivity index (χ2v) is 11.4. The highest BCUT2D eigenvalue weighted by Crippen LogP contribution is 2.43. The van der Waals surface area contributed by atoms with Crippen LogP contribution in [-0.2, 0) is 33.0 Å². The molecule has 32 heavy (non-hydrogen) atoms. The van der Waals surface area contributed by atoms with Gasteiger partial charge in [-0.2, -0.15) is 3.71 Å². The number of fused-ring (bicyclic) bond motifs is 2. The fourth-order valence-corrected chi connectivity index (χ4v) is 6.86. The molecule has 1 amide bonds. The summed E-state index contributed by atoms with van der Waals surface area (Å²) in [6.45, 7) is -0.170. The Morgan fingerprint density at radius 1 is 1.09 bits per heavy atom. The van der Waals surface area contributed by atoms with Crippen molar-refractivity contribution >= 4 is 42.5 Å². The van der Waals surface area contributed by atoms with Crippen molar-refractivity contribution in [2.45, 2.75) is 13.0 Å². The van der Waals surface area contributed by atoms with Gasteiger partial charge in [0.05, 0.1) is 23.8 Å². The van der Waals surface area contributed by atoms with Gasteiger partial charge >= 0.3 is 0 Å². The zero-order valence-electron chi connectivity index (χ0n) is 17.0. The fraction of sp³-hybridized carbons (Fsp3) is 0.200. The first-order valence-corrected chi connectivity index (χ1v) is 13.0. The predicted molar refractivity (Wildman–Crippen MR) is 116 cm³/mol. The van der Waals surface area contributed by atoms with Crippen molar-refractivity contribution in [3.05, 3.63) is 64.6 Å². The van der Waals surface area contributed by atoms with Crippen molar-refractivity contribution in [3.63, 3.8) is 0 Å². The number of pyridine rings is 1. The van der Waals surface area contributed by atoms with E-state index in [-0.39, 0.29) is 44.4 Å². The standard InChI is InChI=1S/C20H18FN3O6S2/c1-31(27,28)24(32(2,29)30)18-14-8-12(7-11-3-5-13(21)6-4-11)9-22-17(14)19(25)16-15(18)10-23-20(16)26/h3-6,8-9,25H,7,10H2,1-2H3,(H,23,26). The number of hydrogen-bond acceptors (Lipinski definition) is 7. The molecule has 0 atom stereocenters. The molecule has 0 bridgehead atoms. The van der Waals surface area contributed by atoms with Gasteiger partial charge in [-0.3, -0.25) is 9.78 Å². The minimum Gasteiger partial charge on any atom is -0.505 e. The van der Waals surface area contributed by atoms with Crippen molar-refractivity contribution in [1.29, 1.82) is 0 Å². The summed E-state index contributed by atoms with van der Waals surface area (Å²) in [6.07, 6.45) is 3.17. The number of carbonyl (C=O) groups excluding carboxylic acids is 1. The molecule has 0 saturated carbocycles. The molecule has 1 aliphatic rings. The maximum absolute atomic E-state index is 13.2. The molecule has 12 heteroatoms. The van der Waals surface area contributed by atoms with E-state index in [0.717, 1.165) is 18.1 Å². The predicted octanol–water partition coefficient (Wildman–Crippen LogP) is 1.64. The van der Waals surface area contributed by atoms with E-state index in [9.17, 15) is 31.1 Å². The molecule has 0 spiro atoms. The first kappa shape index (κ1) is 22.0. The molecule has 0 radical (unpaired) electrons. The van der Waals surface area contributed by atoms with Gasteiger partial charge < -0.3 is 10.4 Å². The van der Waals surface area contributed by atoms with Crippen LogP contribution < -0.4 is 9.03 Å². The number of halogens is 1. The largest absolute Gasteiger partial charge is 0.505 e. The summed E-state index contributed by atoms with van der Waals surface area (Å²) in [5.74, 6) is -1.54. The number of phenols is 1. The van der Waals surface area contributed by atoms with Crippen LogP contribution in [0.5, 0.6) is 5.75 Å². The smallest absolute Gasteiger partial charge is 0.255 e. The third kappa shape index (κ3) is 3.75. The van der Waals surface area contributed by atoms with Gasteiger partial charge in [0.1, 0.15) is 11.3 Å². The number of rotatable bonds is 5. The molecule has 168 valence electrons. The number of carbonyl (C=O) groups is 1. The minimum atomic E-state index is -4.34. The van der Waals surface area contributed by atoms with Crippen molar-refractivity contribution in [1.82, 2.24) is 10.3 Å². The molecule has 2 aromatic carbocycles. The Bertz CT molecular complexity index is 1450. The number of sulfonamides is 2. The molecule has 9 nitrogen and oxygen atoms in total. The molecule has 0 fully saturated rings. The number of benzene rings is 2. The van der Waals surface area contributed by atoms with Crippen LogP contribution in [0, 0.1) is 5.82 Å². The van der Waals surface area contributed by atoms with E-state index in [1.165, 1.54) is 24.4 Å². The number of phenolic OH excluding ortho intramolecular Hbond substituents is 1. The van der Waals surface area contributed by atoms with Crippen molar-refractivity contribution in [3.8, 4) is 5.75 Å². The third-order valence-corrected chi connectivity index (χ3v) is 8.20. The maximum atomic E-state index is 13.2. The van der Waals surface area contributed by atoms with Crippen LogP contribution >= 0.6 is 0 Å². The molecule has 0 unspecified atom stereocenters. The Morgan fingerprint density at radius 2 is 1.72 bits per heavy atom. The molecule has 0 saturated heterocycles. The van der Waals surface area contributed by atoms with Crippen LogP contribution in [-0.4, -0.2) is 45.3 Å². The summed E-state index contributed by atoms with van der Waals surface area (Å²) in [5, 5.41) is 13.2. The van der Waals surface area contributed by atoms with E-state index in [4.69, 9.17) is 0 Å². The Balaban J connectivity index is 2.04. The normalized spacial score (nSPS) is 13.8. The Hall–Kier alpha value is -3.25. The quantitative estimate of drug-likeness (QED) is 0.568. The number of hydrogen-bond donors (Lipinski definition) is 2. The van der Waals surface area contributed by atoms with E-state index >= 15 is 0 Å². The fourth-order valence-electron chi connectivity index (χ4n) is 3.81. The van der Waals surface area contributed by atoms with Gasteiger partial charge in [-0.25, -0.2) is 21.2 Å². The molecule has 2 N–H and O–H groups in total. The third-order valence-electron chi connectivity index (χ3n) is 5.01. The average Bonchev–Trinajstić information content (AvgIpc) is 3.06. The first-order chi connectivity index (χ1) is 14.9. The number of aromatic hydroxyl groups is 1. The van der Waals surface area contributed by atoms with Gasteiger partial charge in [-0.05, 0) is 35.7 Å². The van der Waals surface area contributed by atoms with E-state index in [2.05, 4.69) is 10.3 Å². The summed E-state index contributed by atoms with van der Waals surface area (Å²) in [4.78, 5) is 16.5. The highest BCUT2D eigenvalue weighted by molar-refractivity contribution is 8.09. The molecule has 2 heterocycles. The number of nitrogens with one attached hydrogen (secondary N) is 1. The zero-order chi connectivity index (χ0) is 23.4. The van der Waals surface area contributed by atoms with Crippen LogP contribution in [0.15, 0.2) is 36.5 Å². The highest BCUT2D eigenvalue weighted by atomic mass is 32.3. The lowest BCUT2D eigenvalue weighted by atomic mass is 9.99. The monoisotopic (exact) mass is 479 g/mol. The first-order valence-electron chi connectivity index (χ1n) is 9.27. The van der Waals surface area contributed by atoms with Gasteiger partial charge in [0.2, 0.25) is 20.0 Å². The summed E-state index contributed by atoms with van der Waals surface area (Å²) in [5.41, 5.74) is 0.740. The highest BCUT2D eigenvalue weighted by Gasteiger charge is 2.37. The van der Waals surface area contributed by atoms with Gasteiger partial charge in [0.15, 0.2) is 5.75 Å². The molecule has 4 rings (SSSR count). The topological polar surface area (TPSA) is 134 Å². The Morgan fingerprint density at radius 3 is 2.31 bits per heavy atom. The summed E-state index contributed by atoms with van der Waals surface area (Å²) < 4.78 is 63.5. The van der Waals surface area contributed by atoms with Gasteiger partial charge in [-0.15, -0.1) is 0 Å². The molecular formula is C20H18FN3O6S2. The van der Waals surface area contributed by atoms with E-state index < -0.39 is 37.5 Å². The van der Waals surface area contributed by atoms with Crippen LogP contribution in [0.2, 0.25) is 0 Å². The summed E-state index contributed by atoms with van der Waals surface area (Å²) >= 11 is 0. The molecular weight excluding hydrogens is 461 g/mol. The second kappa shape index (κ2) is 7.41. The van der Waals surface area contributed by atoms with Crippen LogP contribution in [0.25, 0.3) is 10.9 Å². The number of aromatic nitrogens is 1. The van der Waals surface area contributed by atoms with Crippen molar-refractivity contribution in [2.24, 2.45) is 0 Å².